The Morgan fingerprint density at radius 2 is 1.92 bits per heavy atom. The first-order valence-electron chi connectivity index (χ1n) is 4.99. The highest BCUT2D eigenvalue weighted by Gasteiger charge is 2.19. The zero-order valence-electron chi connectivity index (χ0n) is 9.17. The maximum Gasteiger partial charge on any atom is 0.0741 e. The van der Waals surface area contributed by atoms with Crippen molar-refractivity contribution in [1.82, 2.24) is 5.32 Å². The second-order valence-corrected chi connectivity index (χ2v) is 4.18. The standard InChI is InChI=1S/C10H23NO2/c1-5-10(4,13)7-11-9(3)8(2)6-12/h8-9,11-13H,5-7H2,1-4H3. The minimum absolute atomic E-state index is 0.183. The largest absolute Gasteiger partial charge is 0.396 e. The molecule has 0 fully saturated rings. The Morgan fingerprint density at radius 1 is 1.38 bits per heavy atom. The third-order valence-corrected chi connectivity index (χ3v) is 2.71. The van der Waals surface area contributed by atoms with Crippen molar-refractivity contribution in [3.63, 3.8) is 0 Å². The maximum absolute atomic E-state index is 9.70. The normalized spacial score (nSPS) is 20.8. The van der Waals surface area contributed by atoms with E-state index in [2.05, 4.69) is 5.32 Å². The lowest BCUT2D eigenvalue weighted by Crippen LogP contribution is -2.44. The summed E-state index contributed by atoms with van der Waals surface area (Å²) in [4.78, 5) is 0. The number of hydrogen-bond donors (Lipinski definition) is 3. The fourth-order valence-electron chi connectivity index (χ4n) is 0.865. The molecule has 0 aromatic rings. The van der Waals surface area contributed by atoms with Crippen LogP contribution >= 0.6 is 0 Å². The number of aliphatic hydroxyl groups excluding tert-OH is 1. The molecule has 3 heteroatoms. The van der Waals surface area contributed by atoms with Crippen LogP contribution in [0.1, 0.15) is 34.1 Å². The van der Waals surface area contributed by atoms with Crippen LogP contribution in [-0.4, -0.2) is 35.0 Å². The van der Waals surface area contributed by atoms with Gasteiger partial charge in [-0.05, 0) is 26.2 Å². The van der Waals surface area contributed by atoms with Gasteiger partial charge in [0.15, 0.2) is 0 Å². The van der Waals surface area contributed by atoms with Crippen LogP contribution in [0.15, 0.2) is 0 Å². The minimum Gasteiger partial charge on any atom is -0.396 e. The van der Waals surface area contributed by atoms with Gasteiger partial charge in [0.2, 0.25) is 0 Å². The number of nitrogens with one attached hydrogen (secondary N) is 1. The molecular formula is C10H23NO2. The van der Waals surface area contributed by atoms with E-state index in [1.54, 1.807) is 0 Å². The molecule has 3 atom stereocenters. The van der Waals surface area contributed by atoms with Gasteiger partial charge >= 0.3 is 0 Å². The molecule has 0 bridgehead atoms. The lowest BCUT2D eigenvalue weighted by atomic mass is 10.0. The van der Waals surface area contributed by atoms with Crippen molar-refractivity contribution in [2.75, 3.05) is 13.2 Å². The van der Waals surface area contributed by atoms with E-state index in [1.807, 2.05) is 27.7 Å². The first kappa shape index (κ1) is 12.9. The summed E-state index contributed by atoms with van der Waals surface area (Å²) in [5, 5.41) is 21.8. The quantitative estimate of drug-likeness (QED) is 0.578. The summed E-state index contributed by atoms with van der Waals surface area (Å²) in [7, 11) is 0. The molecule has 3 unspecified atom stereocenters. The summed E-state index contributed by atoms with van der Waals surface area (Å²) in [5.74, 6) is 0.229. The van der Waals surface area contributed by atoms with Gasteiger partial charge in [-0.2, -0.15) is 0 Å². The van der Waals surface area contributed by atoms with E-state index in [0.29, 0.717) is 6.54 Å². The summed E-state index contributed by atoms with van der Waals surface area (Å²) in [6.07, 6.45) is 0.736. The van der Waals surface area contributed by atoms with Gasteiger partial charge in [-0.25, -0.2) is 0 Å². The number of aliphatic hydroxyl groups is 2. The Bertz CT molecular complexity index is 137. The predicted octanol–water partition coefficient (Wildman–Crippen LogP) is 0.754. The molecule has 0 heterocycles. The lowest BCUT2D eigenvalue weighted by Gasteiger charge is -2.26. The highest BCUT2D eigenvalue weighted by molar-refractivity contribution is 4.77. The van der Waals surface area contributed by atoms with Crippen molar-refractivity contribution in [3.05, 3.63) is 0 Å². The Labute approximate surface area is 81.2 Å². The first-order valence-corrected chi connectivity index (χ1v) is 4.99. The highest BCUT2D eigenvalue weighted by Crippen LogP contribution is 2.08. The smallest absolute Gasteiger partial charge is 0.0741 e. The van der Waals surface area contributed by atoms with Gasteiger partial charge in [-0.1, -0.05) is 13.8 Å². The van der Waals surface area contributed by atoms with E-state index < -0.39 is 5.60 Å². The molecule has 0 aromatic heterocycles. The molecule has 0 rings (SSSR count). The third kappa shape index (κ3) is 5.24. The molecule has 0 aliphatic rings. The van der Waals surface area contributed by atoms with E-state index >= 15 is 0 Å². The van der Waals surface area contributed by atoms with Gasteiger partial charge in [0.05, 0.1) is 5.60 Å². The average molecular weight is 189 g/mol. The van der Waals surface area contributed by atoms with Gasteiger partial charge in [-0.15, -0.1) is 0 Å². The molecule has 13 heavy (non-hydrogen) atoms. The van der Waals surface area contributed by atoms with Crippen LogP contribution in [0.3, 0.4) is 0 Å². The molecule has 3 N–H and O–H groups in total. The van der Waals surface area contributed by atoms with Crippen LogP contribution in [0.4, 0.5) is 0 Å². The molecule has 0 spiro atoms. The van der Waals surface area contributed by atoms with Crippen LogP contribution in [-0.2, 0) is 0 Å². The lowest BCUT2D eigenvalue weighted by molar-refractivity contribution is 0.0498. The molecule has 0 aliphatic carbocycles. The number of rotatable bonds is 6. The second kappa shape index (κ2) is 5.58. The van der Waals surface area contributed by atoms with Crippen LogP contribution in [0, 0.1) is 5.92 Å². The molecular weight excluding hydrogens is 166 g/mol. The molecule has 80 valence electrons. The predicted molar refractivity (Wildman–Crippen MR) is 54.6 cm³/mol. The van der Waals surface area contributed by atoms with Crippen LogP contribution < -0.4 is 5.32 Å². The molecule has 0 saturated carbocycles. The molecule has 0 amide bonds. The van der Waals surface area contributed by atoms with Crippen molar-refractivity contribution in [2.24, 2.45) is 5.92 Å². The first-order chi connectivity index (χ1) is 5.93. The molecule has 3 nitrogen and oxygen atoms in total. The van der Waals surface area contributed by atoms with E-state index in [0.717, 1.165) is 6.42 Å². The van der Waals surface area contributed by atoms with Crippen LogP contribution in [0.2, 0.25) is 0 Å². The number of hydrogen-bond acceptors (Lipinski definition) is 3. The van der Waals surface area contributed by atoms with E-state index in [-0.39, 0.29) is 18.6 Å². The molecule has 0 saturated heterocycles. The van der Waals surface area contributed by atoms with Gasteiger partial charge in [0, 0.05) is 19.2 Å². The van der Waals surface area contributed by atoms with E-state index in [1.165, 1.54) is 0 Å². The summed E-state index contributed by atoms with van der Waals surface area (Å²) < 4.78 is 0. The molecule has 0 aliphatic heterocycles. The van der Waals surface area contributed by atoms with Gasteiger partial charge in [0.25, 0.3) is 0 Å². The Kier molecular flexibility index (Phi) is 5.53. The third-order valence-electron chi connectivity index (χ3n) is 2.71. The van der Waals surface area contributed by atoms with Gasteiger partial charge in [0.1, 0.15) is 0 Å². The topological polar surface area (TPSA) is 52.5 Å². The summed E-state index contributed by atoms with van der Waals surface area (Å²) in [6.45, 7) is 8.54. The Hall–Kier alpha value is -0.120. The summed E-state index contributed by atoms with van der Waals surface area (Å²) in [6, 6.07) is 0.239. The van der Waals surface area contributed by atoms with Crippen molar-refractivity contribution in [2.45, 2.75) is 45.8 Å². The zero-order chi connectivity index (χ0) is 10.5. The fourth-order valence-corrected chi connectivity index (χ4v) is 0.865. The zero-order valence-corrected chi connectivity index (χ0v) is 9.17. The van der Waals surface area contributed by atoms with Crippen LogP contribution in [0.25, 0.3) is 0 Å². The average Bonchev–Trinajstić information content (AvgIpc) is 2.13. The van der Waals surface area contributed by atoms with Crippen molar-refractivity contribution >= 4 is 0 Å². The fraction of sp³-hybridized carbons (Fsp3) is 1.00. The van der Waals surface area contributed by atoms with Crippen molar-refractivity contribution < 1.29 is 10.2 Å². The van der Waals surface area contributed by atoms with Crippen molar-refractivity contribution in [3.8, 4) is 0 Å². The van der Waals surface area contributed by atoms with Crippen LogP contribution in [0.5, 0.6) is 0 Å². The monoisotopic (exact) mass is 189 g/mol. The maximum atomic E-state index is 9.70. The van der Waals surface area contributed by atoms with E-state index in [4.69, 9.17) is 5.11 Å². The molecule has 0 radical (unpaired) electrons. The second-order valence-electron chi connectivity index (χ2n) is 4.18. The minimum atomic E-state index is -0.635. The van der Waals surface area contributed by atoms with Crippen molar-refractivity contribution in [1.29, 1.82) is 0 Å². The molecule has 0 aromatic carbocycles. The SMILES string of the molecule is CCC(C)(O)CNC(C)C(C)CO. The highest BCUT2D eigenvalue weighted by atomic mass is 16.3. The van der Waals surface area contributed by atoms with Gasteiger partial charge in [-0.3, -0.25) is 0 Å². The van der Waals surface area contributed by atoms with E-state index in [9.17, 15) is 5.11 Å². The summed E-state index contributed by atoms with van der Waals surface area (Å²) in [5.41, 5.74) is -0.635. The summed E-state index contributed by atoms with van der Waals surface area (Å²) >= 11 is 0. The Balaban J connectivity index is 3.75. The Morgan fingerprint density at radius 3 is 2.31 bits per heavy atom. The van der Waals surface area contributed by atoms with Gasteiger partial charge < -0.3 is 15.5 Å².